The van der Waals surface area contributed by atoms with Gasteiger partial charge >= 0.3 is 5.97 Å². The van der Waals surface area contributed by atoms with Crippen molar-refractivity contribution in [1.82, 2.24) is 4.57 Å². The Morgan fingerprint density at radius 2 is 2.05 bits per heavy atom. The molecule has 4 heteroatoms. The zero-order valence-corrected chi connectivity index (χ0v) is 13.1. The predicted octanol–water partition coefficient (Wildman–Crippen LogP) is 3.12. The second-order valence-corrected chi connectivity index (χ2v) is 5.39. The van der Waals surface area contributed by atoms with E-state index in [1.165, 1.54) is 16.8 Å². The smallest absolute Gasteiger partial charge is 0.335 e. The van der Waals surface area contributed by atoms with E-state index in [4.69, 9.17) is 5.73 Å². The summed E-state index contributed by atoms with van der Waals surface area (Å²) in [7, 11) is 0. The van der Waals surface area contributed by atoms with Crippen LogP contribution in [0.3, 0.4) is 0 Å². The largest absolute Gasteiger partial charge is 0.478 e. The van der Waals surface area contributed by atoms with E-state index in [9.17, 15) is 9.90 Å². The van der Waals surface area contributed by atoms with Crippen LogP contribution in [0.4, 0.5) is 0 Å². The van der Waals surface area contributed by atoms with Crippen molar-refractivity contribution in [3.8, 4) is 0 Å². The maximum absolute atomic E-state index is 11.4. The molecule has 0 fully saturated rings. The van der Waals surface area contributed by atoms with Crippen LogP contribution in [0, 0.1) is 6.92 Å². The lowest BCUT2D eigenvalue weighted by atomic mass is 10.00. The molecule has 1 heterocycles. The van der Waals surface area contributed by atoms with Gasteiger partial charge in [0.2, 0.25) is 0 Å². The van der Waals surface area contributed by atoms with Gasteiger partial charge in [0, 0.05) is 17.6 Å². The maximum atomic E-state index is 11.4. The maximum Gasteiger partial charge on any atom is 0.335 e. The molecule has 0 atom stereocenters. The number of hydrogen-bond donors (Lipinski definition) is 2. The molecule has 114 valence electrons. The predicted molar refractivity (Wildman–Crippen MR) is 86.1 cm³/mol. The van der Waals surface area contributed by atoms with Gasteiger partial charge in [-0.1, -0.05) is 6.92 Å². The Hall–Kier alpha value is -1.81. The van der Waals surface area contributed by atoms with Crippen LogP contribution in [0.25, 0.3) is 10.9 Å². The van der Waals surface area contributed by atoms with Gasteiger partial charge in [0.05, 0.1) is 11.1 Å². The van der Waals surface area contributed by atoms with E-state index in [2.05, 4.69) is 25.3 Å². The van der Waals surface area contributed by atoms with E-state index in [1.54, 1.807) is 0 Å². The molecule has 0 amide bonds. The molecule has 3 N–H and O–H groups in total. The number of nitrogens with two attached hydrogens (primary N) is 1. The molecule has 0 unspecified atom stereocenters. The summed E-state index contributed by atoms with van der Waals surface area (Å²) in [5, 5.41) is 10.4. The van der Waals surface area contributed by atoms with E-state index in [1.807, 2.05) is 12.1 Å². The Morgan fingerprint density at radius 1 is 1.33 bits per heavy atom. The second-order valence-electron chi connectivity index (χ2n) is 5.39. The van der Waals surface area contributed by atoms with Crippen molar-refractivity contribution in [2.24, 2.45) is 5.73 Å². The summed E-state index contributed by atoms with van der Waals surface area (Å²) in [6, 6.07) is 3.63. The number of fused-ring (bicyclic) bond motifs is 1. The Morgan fingerprint density at radius 3 is 2.57 bits per heavy atom. The lowest BCUT2D eigenvalue weighted by Gasteiger charge is -2.09. The summed E-state index contributed by atoms with van der Waals surface area (Å²) in [5.41, 5.74) is 10.8. The molecule has 2 aromatic rings. The van der Waals surface area contributed by atoms with Gasteiger partial charge < -0.3 is 15.4 Å². The molecule has 2 rings (SSSR count). The summed E-state index contributed by atoms with van der Waals surface area (Å²) in [4.78, 5) is 11.4. The van der Waals surface area contributed by atoms with Crippen LogP contribution < -0.4 is 5.73 Å². The molecular weight excluding hydrogens is 264 g/mol. The number of aryl methyl sites for hydroxylation is 3. The van der Waals surface area contributed by atoms with E-state index in [0.29, 0.717) is 12.1 Å². The van der Waals surface area contributed by atoms with E-state index < -0.39 is 5.97 Å². The monoisotopic (exact) mass is 288 g/mol. The van der Waals surface area contributed by atoms with Crippen molar-refractivity contribution < 1.29 is 9.90 Å². The minimum atomic E-state index is -0.863. The number of aromatic carboxylic acids is 1. The van der Waals surface area contributed by atoms with E-state index in [0.717, 1.165) is 36.8 Å². The number of aromatic nitrogens is 1. The van der Waals surface area contributed by atoms with Crippen LogP contribution in [-0.2, 0) is 19.4 Å². The van der Waals surface area contributed by atoms with Gasteiger partial charge in [-0.2, -0.15) is 0 Å². The molecule has 0 saturated carbocycles. The van der Waals surface area contributed by atoms with Gasteiger partial charge in [0.1, 0.15) is 0 Å². The number of carbonyl (C=O) groups is 1. The molecule has 0 aliphatic heterocycles. The topological polar surface area (TPSA) is 68.2 Å². The van der Waals surface area contributed by atoms with Crippen LogP contribution in [0.2, 0.25) is 0 Å². The molecule has 1 aromatic heterocycles. The number of hydrogen-bond acceptors (Lipinski definition) is 2. The molecule has 0 aliphatic rings. The van der Waals surface area contributed by atoms with Crippen LogP contribution in [0.1, 0.15) is 47.4 Å². The molecule has 4 nitrogen and oxygen atoms in total. The first-order valence-electron chi connectivity index (χ1n) is 7.63. The Bertz CT molecular complexity index is 671. The summed E-state index contributed by atoms with van der Waals surface area (Å²) in [6.07, 6.45) is 2.65. The first-order valence-corrected chi connectivity index (χ1v) is 7.63. The van der Waals surface area contributed by atoms with Crippen molar-refractivity contribution in [3.63, 3.8) is 0 Å². The lowest BCUT2D eigenvalue weighted by molar-refractivity contribution is 0.0697. The lowest BCUT2D eigenvalue weighted by Crippen LogP contribution is -2.02. The van der Waals surface area contributed by atoms with Gasteiger partial charge in [0.15, 0.2) is 0 Å². The fourth-order valence-corrected chi connectivity index (χ4v) is 3.15. The quantitative estimate of drug-likeness (QED) is 0.858. The molecular formula is C17H24N2O2. The highest BCUT2D eigenvalue weighted by Crippen LogP contribution is 2.31. The first-order chi connectivity index (χ1) is 10.0. The molecule has 0 bridgehead atoms. The summed E-state index contributed by atoms with van der Waals surface area (Å²) >= 11 is 0. The number of carboxylic acids is 1. The molecule has 0 spiro atoms. The van der Waals surface area contributed by atoms with Gasteiger partial charge in [-0.3, -0.25) is 0 Å². The Labute approximate surface area is 125 Å². The number of rotatable bonds is 6. The number of carboxylic acid groups (broad SMARTS) is 1. The van der Waals surface area contributed by atoms with Crippen molar-refractivity contribution >= 4 is 16.9 Å². The van der Waals surface area contributed by atoms with Gasteiger partial charge in [-0.15, -0.1) is 0 Å². The first kappa shape index (κ1) is 15.6. The standard InChI is InChI=1S/C17H24N2O2/c1-4-12-9-13(17(20)21)10-15-14(7-6-8-18)11(3)19(5-2)16(12)15/h9-10H,4-8,18H2,1-3H3,(H,20,21). The highest BCUT2D eigenvalue weighted by Gasteiger charge is 2.18. The average Bonchev–Trinajstić information content (AvgIpc) is 2.75. The summed E-state index contributed by atoms with van der Waals surface area (Å²) in [6.45, 7) is 7.86. The molecule has 0 aliphatic carbocycles. The van der Waals surface area contributed by atoms with E-state index in [-0.39, 0.29) is 0 Å². The highest BCUT2D eigenvalue weighted by atomic mass is 16.4. The van der Waals surface area contributed by atoms with Crippen molar-refractivity contribution in [3.05, 3.63) is 34.5 Å². The molecule has 0 saturated heterocycles. The fourth-order valence-electron chi connectivity index (χ4n) is 3.15. The Kier molecular flexibility index (Phi) is 4.68. The van der Waals surface area contributed by atoms with Gasteiger partial charge in [0.25, 0.3) is 0 Å². The van der Waals surface area contributed by atoms with Gasteiger partial charge in [-0.05, 0) is 62.9 Å². The van der Waals surface area contributed by atoms with Crippen molar-refractivity contribution in [1.29, 1.82) is 0 Å². The third-order valence-corrected chi connectivity index (χ3v) is 4.20. The SMILES string of the molecule is CCc1cc(C(=O)O)cc2c(CCCN)c(C)n(CC)c12. The summed E-state index contributed by atoms with van der Waals surface area (Å²) < 4.78 is 2.30. The van der Waals surface area contributed by atoms with Gasteiger partial charge in [-0.25, -0.2) is 4.79 Å². The summed E-state index contributed by atoms with van der Waals surface area (Å²) in [5.74, 6) is -0.863. The molecule has 1 aromatic carbocycles. The van der Waals surface area contributed by atoms with Crippen LogP contribution in [0.15, 0.2) is 12.1 Å². The zero-order chi connectivity index (χ0) is 15.6. The number of nitrogens with zero attached hydrogens (tertiary/aromatic N) is 1. The van der Waals surface area contributed by atoms with Crippen molar-refractivity contribution in [2.45, 2.75) is 46.6 Å². The minimum Gasteiger partial charge on any atom is -0.478 e. The average molecular weight is 288 g/mol. The number of benzene rings is 1. The zero-order valence-electron chi connectivity index (χ0n) is 13.1. The van der Waals surface area contributed by atoms with Crippen LogP contribution in [0.5, 0.6) is 0 Å². The molecule has 21 heavy (non-hydrogen) atoms. The third-order valence-electron chi connectivity index (χ3n) is 4.20. The van der Waals surface area contributed by atoms with Crippen LogP contribution >= 0.6 is 0 Å². The van der Waals surface area contributed by atoms with E-state index >= 15 is 0 Å². The highest BCUT2D eigenvalue weighted by molar-refractivity contribution is 5.97. The fraction of sp³-hybridized carbons (Fsp3) is 0.471. The third kappa shape index (κ3) is 2.68. The Balaban J connectivity index is 2.79. The van der Waals surface area contributed by atoms with Crippen LogP contribution in [-0.4, -0.2) is 22.2 Å². The molecule has 0 radical (unpaired) electrons. The normalized spacial score (nSPS) is 11.2. The minimum absolute atomic E-state index is 0.376. The second kappa shape index (κ2) is 6.31. The van der Waals surface area contributed by atoms with Crippen molar-refractivity contribution in [2.75, 3.05) is 6.54 Å².